The molecule has 1 aromatic carbocycles. The van der Waals surface area contributed by atoms with E-state index >= 15 is 0 Å². The van der Waals surface area contributed by atoms with Gasteiger partial charge in [-0.2, -0.15) is 0 Å². The second-order valence-electron chi connectivity index (χ2n) is 5.56. The SMILES string of the molecule is CCCC(NC(=O)C(C)N(C)CCC(=O)O)c1ccccc1. The van der Waals surface area contributed by atoms with Crippen LogP contribution >= 0.6 is 0 Å². The minimum Gasteiger partial charge on any atom is -0.481 e. The predicted octanol–water partition coefficient (Wildman–Crippen LogP) is 2.44. The molecule has 1 amide bonds. The first kappa shape index (κ1) is 18.2. The predicted molar refractivity (Wildman–Crippen MR) is 86.6 cm³/mol. The van der Waals surface area contributed by atoms with Crippen LogP contribution in [-0.4, -0.2) is 41.5 Å². The van der Waals surface area contributed by atoms with Crippen LogP contribution in [0.15, 0.2) is 30.3 Å². The molecule has 1 aromatic rings. The average Bonchev–Trinajstić information content (AvgIpc) is 2.52. The van der Waals surface area contributed by atoms with E-state index in [4.69, 9.17) is 5.11 Å². The van der Waals surface area contributed by atoms with E-state index in [0.29, 0.717) is 6.54 Å². The zero-order valence-corrected chi connectivity index (χ0v) is 13.6. The van der Waals surface area contributed by atoms with Gasteiger partial charge in [-0.25, -0.2) is 0 Å². The molecule has 2 unspecified atom stereocenters. The molecule has 0 bridgehead atoms. The number of benzene rings is 1. The third-order valence-electron chi connectivity index (χ3n) is 3.81. The van der Waals surface area contributed by atoms with Gasteiger partial charge in [0.2, 0.25) is 5.91 Å². The zero-order chi connectivity index (χ0) is 16.5. The fourth-order valence-electron chi connectivity index (χ4n) is 2.25. The molecule has 0 saturated heterocycles. The van der Waals surface area contributed by atoms with E-state index < -0.39 is 5.97 Å². The van der Waals surface area contributed by atoms with E-state index in [1.54, 1.807) is 18.9 Å². The van der Waals surface area contributed by atoms with Crippen LogP contribution in [0.5, 0.6) is 0 Å². The fourth-order valence-corrected chi connectivity index (χ4v) is 2.25. The average molecular weight is 306 g/mol. The maximum Gasteiger partial charge on any atom is 0.304 e. The fraction of sp³-hybridized carbons (Fsp3) is 0.529. The lowest BCUT2D eigenvalue weighted by Crippen LogP contribution is -2.45. The number of carboxylic acids is 1. The summed E-state index contributed by atoms with van der Waals surface area (Å²) in [4.78, 5) is 24.8. The molecular formula is C17H26N2O3. The molecule has 0 spiro atoms. The Labute approximate surface area is 132 Å². The summed E-state index contributed by atoms with van der Waals surface area (Å²) >= 11 is 0. The van der Waals surface area contributed by atoms with E-state index in [-0.39, 0.29) is 24.4 Å². The summed E-state index contributed by atoms with van der Waals surface area (Å²) < 4.78 is 0. The van der Waals surface area contributed by atoms with Gasteiger partial charge in [0.05, 0.1) is 18.5 Å². The Bertz CT molecular complexity index is 476. The highest BCUT2D eigenvalue weighted by atomic mass is 16.4. The first-order valence-electron chi connectivity index (χ1n) is 7.73. The van der Waals surface area contributed by atoms with Gasteiger partial charge < -0.3 is 10.4 Å². The third kappa shape index (κ3) is 5.85. The van der Waals surface area contributed by atoms with Crippen LogP contribution < -0.4 is 5.32 Å². The Morgan fingerprint density at radius 2 is 1.91 bits per heavy atom. The monoisotopic (exact) mass is 306 g/mol. The van der Waals surface area contributed by atoms with Crippen molar-refractivity contribution < 1.29 is 14.7 Å². The van der Waals surface area contributed by atoms with Crippen molar-refractivity contribution in [2.45, 2.75) is 45.2 Å². The van der Waals surface area contributed by atoms with Crippen molar-refractivity contribution in [3.05, 3.63) is 35.9 Å². The lowest BCUT2D eigenvalue weighted by Gasteiger charge is -2.26. The van der Waals surface area contributed by atoms with Gasteiger partial charge in [-0.15, -0.1) is 0 Å². The van der Waals surface area contributed by atoms with Gasteiger partial charge in [0.15, 0.2) is 0 Å². The van der Waals surface area contributed by atoms with Gasteiger partial charge in [0.25, 0.3) is 0 Å². The van der Waals surface area contributed by atoms with E-state index in [9.17, 15) is 9.59 Å². The van der Waals surface area contributed by atoms with Crippen LogP contribution in [0.25, 0.3) is 0 Å². The summed E-state index contributed by atoms with van der Waals surface area (Å²) in [6.45, 7) is 4.24. The quantitative estimate of drug-likeness (QED) is 0.735. The Balaban J connectivity index is 2.64. The van der Waals surface area contributed by atoms with Crippen molar-refractivity contribution in [3.63, 3.8) is 0 Å². The molecule has 0 fully saturated rings. The molecule has 0 aliphatic carbocycles. The topological polar surface area (TPSA) is 69.6 Å². The Kier molecular flexibility index (Phi) is 7.60. The molecule has 0 aromatic heterocycles. The Morgan fingerprint density at radius 3 is 2.45 bits per heavy atom. The smallest absolute Gasteiger partial charge is 0.304 e. The van der Waals surface area contributed by atoms with Crippen LogP contribution in [0.3, 0.4) is 0 Å². The molecule has 5 heteroatoms. The number of nitrogens with one attached hydrogen (secondary N) is 1. The summed E-state index contributed by atoms with van der Waals surface area (Å²) in [5.41, 5.74) is 1.10. The highest BCUT2D eigenvalue weighted by Gasteiger charge is 2.21. The summed E-state index contributed by atoms with van der Waals surface area (Å²) in [5.74, 6) is -0.928. The minimum absolute atomic E-state index is 0.00553. The molecule has 22 heavy (non-hydrogen) atoms. The number of carboxylic acid groups (broad SMARTS) is 1. The van der Waals surface area contributed by atoms with Gasteiger partial charge >= 0.3 is 5.97 Å². The van der Waals surface area contributed by atoms with Crippen LogP contribution in [0.4, 0.5) is 0 Å². The number of amides is 1. The maximum absolute atomic E-state index is 12.4. The number of hydrogen-bond donors (Lipinski definition) is 2. The number of hydrogen-bond acceptors (Lipinski definition) is 3. The molecule has 0 aliphatic rings. The number of carbonyl (C=O) groups is 2. The molecule has 0 heterocycles. The summed E-state index contributed by atoms with van der Waals surface area (Å²) in [7, 11) is 1.77. The van der Waals surface area contributed by atoms with E-state index in [0.717, 1.165) is 18.4 Å². The normalized spacial score (nSPS) is 13.6. The van der Waals surface area contributed by atoms with E-state index in [1.165, 1.54) is 0 Å². The maximum atomic E-state index is 12.4. The molecule has 0 radical (unpaired) electrons. The van der Waals surface area contributed by atoms with E-state index in [2.05, 4.69) is 12.2 Å². The van der Waals surface area contributed by atoms with Crippen LogP contribution in [0, 0.1) is 0 Å². The van der Waals surface area contributed by atoms with Crippen LogP contribution in [-0.2, 0) is 9.59 Å². The number of likely N-dealkylation sites (N-methyl/N-ethyl adjacent to an activating group) is 1. The Morgan fingerprint density at radius 1 is 1.27 bits per heavy atom. The van der Waals surface area contributed by atoms with Crippen molar-refractivity contribution in [3.8, 4) is 0 Å². The molecular weight excluding hydrogens is 280 g/mol. The molecule has 5 nitrogen and oxygen atoms in total. The standard InChI is InChI=1S/C17H26N2O3/c1-4-8-15(14-9-6-5-7-10-14)18-17(22)13(2)19(3)12-11-16(20)21/h5-7,9-10,13,15H,4,8,11-12H2,1-3H3,(H,18,22)(H,20,21). The lowest BCUT2D eigenvalue weighted by molar-refractivity contribution is -0.138. The Hall–Kier alpha value is -1.88. The molecule has 2 atom stereocenters. The van der Waals surface area contributed by atoms with Gasteiger partial charge in [-0.05, 0) is 26.0 Å². The number of aliphatic carboxylic acids is 1. The number of nitrogens with zero attached hydrogens (tertiary/aromatic N) is 1. The molecule has 0 aliphatic heterocycles. The zero-order valence-electron chi connectivity index (χ0n) is 13.6. The second-order valence-corrected chi connectivity index (χ2v) is 5.56. The van der Waals surface area contributed by atoms with E-state index in [1.807, 2.05) is 30.3 Å². The minimum atomic E-state index is -0.854. The number of carbonyl (C=O) groups excluding carboxylic acids is 1. The van der Waals surface area contributed by atoms with Gasteiger partial charge in [-0.3, -0.25) is 14.5 Å². The second kappa shape index (κ2) is 9.20. The van der Waals surface area contributed by atoms with Crippen molar-refractivity contribution >= 4 is 11.9 Å². The lowest BCUT2D eigenvalue weighted by atomic mass is 10.0. The first-order chi connectivity index (χ1) is 10.5. The summed E-state index contributed by atoms with van der Waals surface area (Å²) in [6.07, 6.45) is 1.88. The molecule has 2 N–H and O–H groups in total. The van der Waals surface area contributed by atoms with Gasteiger partial charge in [-0.1, -0.05) is 43.7 Å². The van der Waals surface area contributed by atoms with Gasteiger partial charge in [0, 0.05) is 6.54 Å². The largest absolute Gasteiger partial charge is 0.481 e. The van der Waals surface area contributed by atoms with Crippen LogP contribution in [0.2, 0.25) is 0 Å². The van der Waals surface area contributed by atoms with Gasteiger partial charge in [0.1, 0.15) is 0 Å². The summed E-state index contributed by atoms with van der Waals surface area (Å²) in [6, 6.07) is 9.55. The van der Waals surface area contributed by atoms with Crippen molar-refractivity contribution in [1.29, 1.82) is 0 Å². The first-order valence-corrected chi connectivity index (χ1v) is 7.73. The number of rotatable bonds is 9. The highest BCUT2D eigenvalue weighted by molar-refractivity contribution is 5.81. The molecule has 0 saturated carbocycles. The van der Waals surface area contributed by atoms with Crippen molar-refractivity contribution in [1.82, 2.24) is 10.2 Å². The molecule has 1 rings (SSSR count). The third-order valence-corrected chi connectivity index (χ3v) is 3.81. The van der Waals surface area contributed by atoms with Crippen molar-refractivity contribution in [2.75, 3.05) is 13.6 Å². The highest BCUT2D eigenvalue weighted by Crippen LogP contribution is 2.18. The molecule has 122 valence electrons. The van der Waals surface area contributed by atoms with Crippen LogP contribution in [0.1, 0.15) is 44.7 Å². The van der Waals surface area contributed by atoms with Crippen molar-refractivity contribution in [2.24, 2.45) is 0 Å². The summed E-state index contributed by atoms with van der Waals surface area (Å²) in [5, 5.41) is 11.8.